The molecule has 0 heterocycles. The van der Waals surface area contributed by atoms with Crippen LogP contribution >= 0.6 is 7.82 Å². The fourth-order valence-electron chi connectivity index (χ4n) is 6.31. The SMILES string of the molecule is CCCCCCCCCCCCCCCCCCCCCCCCC(=O)NC(COP(=O)(O)OCCN)C(O)CCCCCCCCC. The Hall–Kier alpha value is -0.500. The highest BCUT2D eigenvalue weighted by molar-refractivity contribution is 7.47. The van der Waals surface area contributed by atoms with Gasteiger partial charge in [-0.3, -0.25) is 13.8 Å². The molecule has 0 aliphatic rings. The van der Waals surface area contributed by atoms with Gasteiger partial charge in [-0.1, -0.05) is 194 Å². The van der Waals surface area contributed by atoms with Gasteiger partial charge in [-0.25, -0.2) is 4.57 Å². The summed E-state index contributed by atoms with van der Waals surface area (Å²) in [5, 5.41) is 13.6. The average molecular weight is 705 g/mol. The minimum absolute atomic E-state index is 0.0918. The third-order valence-electron chi connectivity index (χ3n) is 9.46. The van der Waals surface area contributed by atoms with Gasteiger partial charge in [0.05, 0.1) is 25.4 Å². The number of rotatable bonds is 39. The number of hydrogen-bond donors (Lipinski definition) is 4. The number of hydrogen-bond acceptors (Lipinski definition) is 6. The summed E-state index contributed by atoms with van der Waals surface area (Å²) in [5.41, 5.74) is 5.35. The number of nitrogens with one attached hydrogen (secondary N) is 1. The highest BCUT2D eigenvalue weighted by Crippen LogP contribution is 2.43. The minimum Gasteiger partial charge on any atom is -0.391 e. The van der Waals surface area contributed by atoms with Crippen LogP contribution in [0.5, 0.6) is 0 Å². The number of nitrogens with two attached hydrogens (primary N) is 1. The highest BCUT2D eigenvalue weighted by atomic mass is 31.2. The number of carbonyl (C=O) groups is 1. The van der Waals surface area contributed by atoms with Crippen molar-refractivity contribution in [1.29, 1.82) is 0 Å². The van der Waals surface area contributed by atoms with E-state index in [1.54, 1.807) is 0 Å². The van der Waals surface area contributed by atoms with Crippen molar-refractivity contribution in [2.75, 3.05) is 19.8 Å². The monoisotopic (exact) mass is 705 g/mol. The molecule has 48 heavy (non-hydrogen) atoms. The molecule has 8 nitrogen and oxygen atoms in total. The topological polar surface area (TPSA) is 131 Å². The molecule has 0 spiro atoms. The van der Waals surface area contributed by atoms with Crippen molar-refractivity contribution < 1.29 is 28.4 Å². The summed E-state index contributed by atoms with van der Waals surface area (Å²) >= 11 is 0. The Kier molecular flexibility index (Phi) is 35.9. The van der Waals surface area contributed by atoms with Crippen LogP contribution in [0.15, 0.2) is 0 Å². The molecule has 0 saturated heterocycles. The molecular formula is C39H81N2O6P. The van der Waals surface area contributed by atoms with E-state index in [4.69, 9.17) is 14.8 Å². The number of aliphatic hydroxyl groups is 1. The van der Waals surface area contributed by atoms with Gasteiger partial charge in [-0.2, -0.15) is 0 Å². The predicted molar refractivity (Wildman–Crippen MR) is 203 cm³/mol. The Balaban J connectivity index is 3.92. The van der Waals surface area contributed by atoms with Gasteiger partial charge < -0.3 is 21.1 Å². The summed E-state index contributed by atoms with van der Waals surface area (Å²) in [6, 6.07) is -0.765. The van der Waals surface area contributed by atoms with Crippen molar-refractivity contribution in [2.45, 2.75) is 225 Å². The molecule has 5 N–H and O–H groups in total. The molecule has 0 rings (SSSR count). The molecule has 0 radical (unpaired) electrons. The summed E-state index contributed by atoms with van der Waals surface area (Å²) in [4.78, 5) is 22.6. The maximum absolute atomic E-state index is 12.7. The van der Waals surface area contributed by atoms with Crippen LogP contribution in [0.3, 0.4) is 0 Å². The van der Waals surface area contributed by atoms with E-state index < -0.39 is 20.0 Å². The van der Waals surface area contributed by atoms with Crippen LogP contribution in [0.1, 0.15) is 213 Å². The zero-order chi connectivity index (χ0) is 35.4. The largest absolute Gasteiger partial charge is 0.472 e. The summed E-state index contributed by atoms with van der Waals surface area (Å²) in [5.74, 6) is -0.161. The zero-order valence-corrected chi connectivity index (χ0v) is 32.6. The first-order chi connectivity index (χ1) is 23.4. The van der Waals surface area contributed by atoms with E-state index in [1.165, 1.54) is 148 Å². The molecule has 9 heteroatoms. The third kappa shape index (κ3) is 34.0. The Morgan fingerprint density at radius 1 is 0.604 bits per heavy atom. The maximum atomic E-state index is 12.7. The molecule has 0 aliphatic heterocycles. The van der Waals surface area contributed by atoms with E-state index >= 15 is 0 Å². The molecule has 3 unspecified atom stereocenters. The van der Waals surface area contributed by atoms with E-state index in [9.17, 15) is 19.4 Å². The van der Waals surface area contributed by atoms with Gasteiger partial charge in [0.15, 0.2) is 0 Å². The predicted octanol–water partition coefficient (Wildman–Crippen LogP) is 11.1. The maximum Gasteiger partial charge on any atom is 0.472 e. The van der Waals surface area contributed by atoms with Crippen molar-refractivity contribution in [3.63, 3.8) is 0 Å². The van der Waals surface area contributed by atoms with Gasteiger partial charge in [0, 0.05) is 13.0 Å². The first-order valence-electron chi connectivity index (χ1n) is 20.7. The fourth-order valence-corrected chi connectivity index (χ4v) is 7.07. The van der Waals surface area contributed by atoms with Crippen LogP contribution in [-0.4, -0.2) is 47.8 Å². The average Bonchev–Trinajstić information content (AvgIpc) is 3.07. The van der Waals surface area contributed by atoms with Crippen molar-refractivity contribution in [1.82, 2.24) is 5.32 Å². The lowest BCUT2D eigenvalue weighted by Crippen LogP contribution is -2.46. The molecule has 1 amide bonds. The number of phosphoric acid groups is 1. The second-order valence-corrected chi connectivity index (χ2v) is 15.7. The molecule has 0 saturated carbocycles. The lowest BCUT2D eigenvalue weighted by Gasteiger charge is -2.25. The van der Waals surface area contributed by atoms with Crippen molar-refractivity contribution in [2.24, 2.45) is 5.73 Å². The molecule has 0 bridgehead atoms. The Morgan fingerprint density at radius 2 is 0.958 bits per heavy atom. The van der Waals surface area contributed by atoms with E-state index in [1.807, 2.05) is 0 Å². The van der Waals surface area contributed by atoms with Crippen molar-refractivity contribution >= 4 is 13.7 Å². The first-order valence-corrected chi connectivity index (χ1v) is 22.1. The number of phosphoric ester groups is 1. The first kappa shape index (κ1) is 47.5. The van der Waals surface area contributed by atoms with Gasteiger partial charge in [-0.05, 0) is 12.8 Å². The van der Waals surface area contributed by atoms with E-state index in [0.717, 1.165) is 38.5 Å². The number of carbonyl (C=O) groups excluding carboxylic acids is 1. The number of aliphatic hydroxyl groups excluding tert-OH is 1. The molecule has 0 aromatic rings. The molecule has 0 aromatic carbocycles. The quantitative estimate of drug-likeness (QED) is 0.0370. The lowest BCUT2D eigenvalue weighted by atomic mass is 10.0. The number of unbranched alkanes of at least 4 members (excludes halogenated alkanes) is 27. The summed E-state index contributed by atoms with van der Waals surface area (Å²) in [7, 11) is -4.30. The summed E-state index contributed by atoms with van der Waals surface area (Å²) in [6.45, 7) is 4.18. The van der Waals surface area contributed by atoms with Gasteiger partial charge in [0.25, 0.3) is 0 Å². The standard InChI is InChI=1S/C39H81N2O6P/c1-3-5-7-9-11-12-13-14-15-16-17-18-19-20-21-22-23-24-25-27-29-31-33-39(43)41-37(36-47-48(44,45)46-35-34-40)38(42)32-30-28-26-10-8-6-4-2/h37-38,42H,3-36,40H2,1-2H3,(H,41,43)(H,44,45). The van der Waals surface area contributed by atoms with Crippen LogP contribution in [-0.2, 0) is 18.4 Å². The van der Waals surface area contributed by atoms with Crippen LogP contribution in [0.2, 0.25) is 0 Å². The van der Waals surface area contributed by atoms with Gasteiger partial charge in [0.1, 0.15) is 0 Å². The van der Waals surface area contributed by atoms with Crippen molar-refractivity contribution in [3.8, 4) is 0 Å². The molecular weight excluding hydrogens is 623 g/mol. The van der Waals surface area contributed by atoms with Crippen LogP contribution in [0.4, 0.5) is 0 Å². The van der Waals surface area contributed by atoms with Crippen LogP contribution in [0.25, 0.3) is 0 Å². The number of amides is 1. The molecule has 0 aliphatic carbocycles. The minimum atomic E-state index is -4.30. The normalized spacial score (nSPS) is 14.2. The van der Waals surface area contributed by atoms with Gasteiger partial charge in [0.2, 0.25) is 5.91 Å². The van der Waals surface area contributed by atoms with Crippen LogP contribution in [0, 0.1) is 0 Å². The second-order valence-electron chi connectivity index (χ2n) is 14.2. The summed E-state index contributed by atoms with van der Waals surface area (Å²) in [6.07, 6.45) is 37.1. The van der Waals surface area contributed by atoms with Crippen molar-refractivity contribution in [3.05, 3.63) is 0 Å². The second kappa shape index (κ2) is 36.3. The fraction of sp³-hybridized carbons (Fsp3) is 0.974. The van der Waals surface area contributed by atoms with Gasteiger partial charge >= 0.3 is 7.82 Å². The smallest absolute Gasteiger partial charge is 0.391 e. The Labute approximate surface area is 297 Å². The van der Waals surface area contributed by atoms with Crippen LogP contribution < -0.4 is 11.1 Å². The molecule has 288 valence electrons. The Morgan fingerprint density at radius 3 is 1.33 bits per heavy atom. The lowest BCUT2D eigenvalue weighted by molar-refractivity contribution is -0.123. The summed E-state index contributed by atoms with van der Waals surface area (Å²) < 4.78 is 22.0. The zero-order valence-electron chi connectivity index (χ0n) is 31.7. The molecule has 0 fully saturated rings. The van der Waals surface area contributed by atoms with Gasteiger partial charge in [-0.15, -0.1) is 0 Å². The molecule has 0 aromatic heterocycles. The van der Waals surface area contributed by atoms with E-state index in [0.29, 0.717) is 12.8 Å². The van der Waals surface area contributed by atoms with E-state index in [-0.39, 0.29) is 25.7 Å². The highest BCUT2D eigenvalue weighted by Gasteiger charge is 2.27. The Bertz CT molecular complexity index is 729. The van der Waals surface area contributed by atoms with E-state index in [2.05, 4.69) is 19.2 Å². The molecule has 3 atom stereocenters. The third-order valence-corrected chi connectivity index (χ3v) is 10.4.